The molecule has 0 radical (unpaired) electrons. The lowest BCUT2D eigenvalue weighted by Crippen LogP contribution is -2.24. The third kappa shape index (κ3) is 5.70. The number of nitriles is 1. The lowest BCUT2D eigenvalue weighted by atomic mass is 10.00. The molecule has 29 heavy (non-hydrogen) atoms. The minimum atomic E-state index is -3.72. The zero-order chi connectivity index (χ0) is 21.6. The highest BCUT2D eigenvalue weighted by Crippen LogP contribution is 2.17. The highest BCUT2D eigenvalue weighted by atomic mass is 32.2. The van der Waals surface area contributed by atoms with Gasteiger partial charge in [-0.05, 0) is 48.9 Å². The van der Waals surface area contributed by atoms with Gasteiger partial charge < -0.3 is 10.2 Å². The highest BCUT2D eigenvalue weighted by Gasteiger charge is 2.18. The van der Waals surface area contributed by atoms with E-state index in [0.717, 1.165) is 22.4 Å². The number of nitrogens with one attached hydrogen (secondary N) is 2. The van der Waals surface area contributed by atoms with E-state index in [0.29, 0.717) is 12.1 Å². The molecule has 9 heteroatoms. The summed E-state index contributed by atoms with van der Waals surface area (Å²) in [5.41, 5.74) is 4.05. The lowest BCUT2D eigenvalue weighted by molar-refractivity contribution is 0.454. The topological polar surface area (TPSA) is 103 Å². The summed E-state index contributed by atoms with van der Waals surface area (Å²) in [4.78, 5) is 2.00. The summed E-state index contributed by atoms with van der Waals surface area (Å²) in [6.07, 6.45) is 6.15. The van der Waals surface area contributed by atoms with Gasteiger partial charge >= 0.3 is 0 Å². The van der Waals surface area contributed by atoms with E-state index in [-0.39, 0.29) is 11.4 Å². The van der Waals surface area contributed by atoms with Crippen molar-refractivity contribution in [3.63, 3.8) is 0 Å². The monoisotopic (exact) mass is 414 g/mol. The third-order valence-electron chi connectivity index (χ3n) is 4.45. The molecule has 2 N–H and O–H groups in total. The first-order valence-corrected chi connectivity index (χ1v) is 10.4. The van der Waals surface area contributed by atoms with E-state index in [2.05, 4.69) is 27.8 Å². The van der Waals surface area contributed by atoms with E-state index >= 15 is 0 Å². The molecule has 0 aliphatic rings. The van der Waals surface area contributed by atoms with Crippen molar-refractivity contribution in [3.05, 3.63) is 71.5 Å². The van der Waals surface area contributed by atoms with Crippen LogP contribution in [0.15, 0.2) is 54.1 Å². The van der Waals surface area contributed by atoms with Gasteiger partial charge in [-0.3, -0.25) is 4.68 Å². The molecule has 0 atom stereocenters. The number of allylic oxidation sites excluding steroid dienone is 1. The normalized spacial score (nSPS) is 11.8. The van der Waals surface area contributed by atoms with Crippen LogP contribution >= 0.6 is 0 Å². The first kappa shape index (κ1) is 22.2. The van der Waals surface area contributed by atoms with Crippen molar-refractivity contribution < 1.29 is 8.42 Å². The van der Waals surface area contributed by atoms with Gasteiger partial charge in [-0.25, -0.2) is 13.1 Å². The van der Waals surface area contributed by atoms with Gasteiger partial charge in [-0.15, -0.1) is 0 Å². The number of sulfonamides is 1. The van der Waals surface area contributed by atoms with E-state index in [1.54, 1.807) is 29.2 Å². The predicted octanol–water partition coefficient (Wildman–Crippen LogP) is 1.99. The van der Waals surface area contributed by atoms with Crippen molar-refractivity contribution >= 4 is 10.0 Å². The van der Waals surface area contributed by atoms with E-state index in [9.17, 15) is 8.42 Å². The first-order chi connectivity index (χ1) is 13.7. The molecule has 0 aliphatic heterocycles. The van der Waals surface area contributed by atoms with Crippen LogP contribution in [-0.4, -0.2) is 37.2 Å². The van der Waals surface area contributed by atoms with Crippen LogP contribution in [0.3, 0.4) is 0 Å². The maximum atomic E-state index is 12.7. The molecule has 1 heterocycles. The molecule has 2 rings (SSSR count). The molecule has 0 fully saturated rings. The fourth-order valence-corrected chi connectivity index (χ4v) is 3.74. The van der Waals surface area contributed by atoms with Crippen LogP contribution in [0.1, 0.15) is 22.3 Å². The molecule has 0 aliphatic carbocycles. The summed E-state index contributed by atoms with van der Waals surface area (Å²) in [5, 5.41) is 16.1. The number of nitrogens with zero attached hydrogens (tertiary/aromatic N) is 4. The number of likely N-dealkylation sites (N-methyl/N-ethyl adjacent to an activating group) is 1. The quantitative estimate of drug-likeness (QED) is 0.650. The zero-order valence-electron chi connectivity index (χ0n) is 17.1. The Morgan fingerprint density at radius 2 is 2.00 bits per heavy atom. The van der Waals surface area contributed by atoms with Crippen LogP contribution < -0.4 is 10.0 Å². The maximum Gasteiger partial charge on any atom is 0.243 e. The largest absolute Gasteiger partial charge is 0.378 e. The number of hydrogen-bond acceptors (Lipinski definition) is 6. The smallest absolute Gasteiger partial charge is 0.243 e. The fraction of sp³-hybridized carbons (Fsp3) is 0.300. The van der Waals surface area contributed by atoms with Crippen molar-refractivity contribution in [2.45, 2.75) is 31.8 Å². The highest BCUT2D eigenvalue weighted by molar-refractivity contribution is 7.89. The Balaban J connectivity index is 2.15. The average molecular weight is 415 g/mol. The van der Waals surface area contributed by atoms with Gasteiger partial charge in [0.05, 0.1) is 30.1 Å². The summed E-state index contributed by atoms with van der Waals surface area (Å²) in [6.45, 7) is 7.87. The Morgan fingerprint density at radius 1 is 1.34 bits per heavy atom. The number of hydrogen-bond donors (Lipinski definition) is 2. The fourth-order valence-electron chi connectivity index (χ4n) is 2.79. The van der Waals surface area contributed by atoms with Gasteiger partial charge in [0.1, 0.15) is 4.90 Å². The zero-order valence-corrected chi connectivity index (χ0v) is 17.9. The van der Waals surface area contributed by atoms with E-state index in [4.69, 9.17) is 5.26 Å². The van der Waals surface area contributed by atoms with Crippen LogP contribution in [0.25, 0.3) is 0 Å². The number of aromatic nitrogens is 2. The summed E-state index contributed by atoms with van der Waals surface area (Å²) in [5.74, 6) is 0. The Labute approximate surface area is 172 Å². The second-order valence-electron chi connectivity index (χ2n) is 6.80. The van der Waals surface area contributed by atoms with Crippen LogP contribution in [-0.2, 0) is 23.1 Å². The molecule has 2 aromatic rings. The Kier molecular flexibility index (Phi) is 7.20. The molecule has 0 unspecified atom stereocenters. The van der Waals surface area contributed by atoms with Crippen molar-refractivity contribution in [2.24, 2.45) is 0 Å². The molecule has 8 nitrogen and oxygen atoms in total. The second-order valence-corrected chi connectivity index (χ2v) is 8.57. The van der Waals surface area contributed by atoms with E-state index in [1.165, 1.54) is 12.4 Å². The SMILES string of the molecule is C=CN/C=C(/Cn1cc(S(=O)(=O)NCc2c(C)cc(C#N)cc2C)cn1)N(C)C. The molecule has 1 aromatic heterocycles. The van der Waals surface area contributed by atoms with Crippen LogP contribution in [0.4, 0.5) is 0 Å². The number of benzene rings is 1. The van der Waals surface area contributed by atoms with Crippen LogP contribution in [0.5, 0.6) is 0 Å². The van der Waals surface area contributed by atoms with E-state index < -0.39 is 10.0 Å². The molecule has 0 spiro atoms. The Morgan fingerprint density at radius 3 is 2.55 bits per heavy atom. The molecule has 154 valence electrons. The van der Waals surface area contributed by atoms with Crippen molar-refractivity contribution in [1.29, 1.82) is 5.26 Å². The predicted molar refractivity (Wildman–Crippen MR) is 112 cm³/mol. The minimum absolute atomic E-state index is 0.0937. The molecular weight excluding hydrogens is 388 g/mol. The minimum Gasteiger partial charge on any atom is -0.378 e. The maximum absolute atomic E-state index is 12.7. The van der Waals surface area contributed by atoms with Crippen molar-refractivity contribution in [2.75, 3.05) is 14.1 Å². The number of aryl methyl sites for hydroxylation is 2. The van der Waals surface area contributed by atoms with Gasteiger partial charge in [0.15, 0.2) is 0 Å². The van der Waals surface area contributed by atoms with Gasteiger partial charge in [0.2, 0.25) is 10.0 Å². The van der Waals surface area contributed by atoms with Crippen molar-refractivity contribution in [1.82, 2.24) is 24.7 Å². The third-order valence-corrected chi connectivity index (χ3v) is 5.81. The van der Waals surface area contributed by atoms with E-state index in [1.807, 2.05) is 32.8 Å². The van der Waals surface area contributed by atoms with Gasteiger partial charge in [0.25, 0.3) is 0 Å². The molecule has 1 aromatic carbocycles. The molecule has 0 bridgehead atoms. The van der Waals surface area contributed by atoms with Gasteiger partial charge in [-0.1, -0.05) is 6.58 Å². The molecule has 0 saturated carbocycles. The standard InChI is InChI=1S/C20H26N6O2S/c1-6-22-10-18(25(4)5)13-26-14-19(11-23-26)29(27,28)24-12-20-15(2)7-17(9-21)8-16(20)3/h6-8,10-11,14,22,24H,1,12-13H2,2-5H3/b18-10-. The average Bonchev–Trinajstić information content (AvgIpc) is 3.13. The first-order valence-electron chi connectivity index (χ1n) is 8.93. The van der Waals surface area contributed by atoms with Crippen molar-refractivity contribution in [3.8, 4) is 6.07 Å². The molecule has 0 saturated heterocycles. The van der Waals surface area contributed by atoms with Gasteiger partial charge in [-0.2, -0.15) is 10.4 Å². The summed E-state index contributed by atoms with van der Waals surface area (Å²) in [6, 6.07) is 5.61. The second kappa shape index (κ2) is 9.41. The molecule has 0 amide bonds. The summed E-state index contributed by atoms with van der Waals surface area (Å²) in [7, 11) is 0.0578. The van der Waals surface area contributed by atoms with Crippen LogP contribution in [0.2, 0.25) is 0 Å². The Hall–Kier alpha value is -3.09. The lowest BCUT2D eigenvalue weighted by Gasteiger charge is -2.17. The Bertz CT molecular complexity index is 1040. The van der Waals surface area contributed by atoms with Crippen LogP contribution in [0, 0.1) is 25.2 Å². The summed E-state index contributed by atoms with van der Waals surface area (Å²) < 4.78 is 29.6. The van der Waals surface area contributed by atoms with Gasteiger partial charge in [0, 0.05) is 33.0 Å². The summed E-state index contributed by atoms with van der Waals surface area (Å²) >= 11 is 0. The number of rotatable bonds is 9. The molecular formula is C20H26N6O2S.